The molecule has 200 valence electrons. The molecule has 3 atom stereocenters. The quantitative estimate of drug-likeness (QED) is 0.402. The fourth-order valence-corrected chi connectivity index (χ4v) is 5.72. The van der Waals surface area contributed by atoms with Gasteiger partial charge in [0.2, 0.25) is 5.91 Å². The Hall–Kier alpha value is -2.11. The van der Waals surface area contributed by atoms with Crippen molar-refractivity contribution in [3.05, 3.63) is 29.0 Å². The third-order valence-corrected chi connectivity index (χ3v) is 8.25. The lowest BCUT2D eigenvalue weighted by molar-refractivity contribution is -0.179. The molecule has 1 saturated heterocycles. The number of alkyl halides is 3. The molecule has 1 aromatic carbocycles. The minimum absolute atomic E-state index is 0.0276. The van der Waals surface area contributed by atoms with Crippen molar-refractivity contribution < 1.29 is 37.0 Å². The van der Waals surface area contributed by atoms with E-state index < -0.39 is 40.9 Å². The Morgan fingerprint density at radius 1 is 1.19 bits per heavy atom. The number of hydrogen-bond donors (Lipinski definition) is 4. The zero-order valence-electron chi connectivity index (χ0n) is 19.6. The largest absolute Gasteiger partial charge is 0.484 e. The highest BCUT2D eigenvalue weighted by Crippen LogP contribution is 2.52. The van der Waals surface area contributed by atoms with Crippen LogP contribution in [0.3, 0.4) is 0 Å². The first kappa shape index (κ1) is 26.9. The predicted octanol–water partition coefficient (Wildman–Crippen LogP) is 3.08. The molecule has 3 aliphatic carbocycles. The number of aliphatic hydroxyl groups excluding tert-OH is 1. The third kappa shape index (κ3) is 5.73. The van der Waals surface area contributed by atoms with Crippen molar-refractivity contribution in [1.29, 1.82) is 0 Å². The molecule has 0 radical (unpaired) electrons. The fourth-order valence-electron chi connectivity index (χ4n) is 5.61. The standard InChI is InChI=1S/C24H30ClF4N3O4/c25-17-4-3-16(9-18(17)26)36-13-20(34)32-23-7-5-22(6-8-23,10-19(23)33)21(35)31-12-15-2-1-14(11-30-15)24(27,28)29/h3-4,9,14-15,19,30,33H,1-2,5-8,10-13H2,(H,31,35)(H,32,34)/t14?,15?,19-,22?,23?/m0/s1. The van der Waals surface area contributed by atoms with Gasteiger partial charge in [-0.05, 0) is 57.1 Å². The normalized spacial score (nSPS) is 32.1. The van der Waals surface area contributed by atoms with Gasteiger partial charge in [0.05, 0.1) is 28.0 Å². The summed E-state index contributed by atoms with van der Waals surface area (Å²) in [5.74, 6) is -2.56. The molecule has 2 bridgehead atoms. The van der Waals surface area contributed by atoms with Crippen LogP contribution in [0.4, 0.5) is 17.6 Å². The van der Waals surface area contributed by atoms with Crippen molar-refractivity contribution in [2.75, 3.05) is 19.7 Å². The number of benzene rings is 1. The van der Waals surface area contributed by atoms with Crippen LogP contribution in [0.2, 0.25) is 5.02 Å². The smallest absolute Gasteiger partial charge is 0.393 e. The molecule has 4 aliphatic rings. The van der Waals surface area contributed by atoms with Gasteiger partial charge in [-0.15, -0.1) is 0 Å². The molecule has 7 nitrogen and oxygen atoms in total. The lowest BCUT2D eigenvalue weighted by Crippen LogP contribution is -2.67. The molecule has 12 heteroatoms. The number of amides is 2. The van der Waals surface area contributed by atoms with Crippen LogP contribution in [0.25, 0.3) is 0 Å². The summed E-state index contributed by atoms with van der Waals surface area (Å²) in [5, 5.41) is 19.4. The lowest BCUT2D eigenvalue weighted by atomic mass is 9.55. The molecule has 2 amide bonds. The van der Waals surface area contributed by atoms with Gasteiger partial charge < -0.3 is 25.8 Å². The highest BCUT2D eigenvalue weighted by atomic mass is 35.5. The maximum Gasteiger partial charge on any atom is 0.393 e. The monoisotopic (exact) mass is 535 g/mol. The topological polar surface area (TPSA) is 99.7 Å². The van der Waals surface area contributed by atoms with E-state index in [1.165, 1.54) is 12.1 Å². The Bertz CT molecular complexity index is 977. The summed E-state index contributed by atoms with van der Waals surface area (Å²) in [6, 6.07) is 3.61. The van der Waals surface area contributed by atoms with E-state index >= 15 is 0 Å². The number of hydrogen-bond acceptors (Lipinski definition) is 5. The van der Waals surface area contributed by atoms with Gasteiger partial charge in [-0.2, -0.15) is 13.2 Å². The van der Waals surface area contributed by atoms with Gasteiger partial charge in [0.1, 0.15) is 11.6 Å². The molecule has 4 fully saturated rings. The molecular formula is C24H30ClF4N3O4. The SMILES string of the molecule is O=C(COc1ccc(Cl)c(F)c1)NC12CCC(C(=O)NCC3CCC(C(F)(F)F)CN3)(CC1)C[C@@H]2O. The van der Waals surface area contributed by atoms with Crippen LogP contribution in [0.15, 0.2) is 18.2 Å². The molecular weight excluding hydrogens is 506 g/mol. The van der Waals surface area contributed by atoms with E-state index in [-0.39, 0.29) is 55.3 Å². The molecule has 1 aromatic rings. The van der Waals surface area contributed by atoms with Gasteiger partial charge in [-0.1, -0.05) is 11.6 Å². The summed E-state index contributed by atoms with van der Waals surface area (Å²) >= 11 is 5.64. The average Bonchev–Trinajstić information content (AvgIpc) is 2.84. The number of carbonyl (C=O) groups excluding carboxylic acids is 2. The molecule has 1 heterocycles. The van der Waals surface area contributed by atoms with Crippen LogP contribution < -0.4 is 20.7 Å². The molecule has 3 saturated carbocycles. The molecule has 0 spiro atoms. The predicted molar refractivity (Wildman–Crippen MR) is 123 cm³/mol. The summed E-state index contributed by atoms with van der Waals surface area (Å²) in [6.45, 7) is -0.302. The zero-order chi connectivity index (χ0) is 26.1. The number of nitrogens with one attached hydrogen (secondary N) is 3. The van der Waals surface area contributed by atoms with E-state index in [2.05, 4.69) is 16.0 Å². The summed E-state index contributed by atoms with van der Waals surface area (Å²) in [6.07, 6.45) is -2.90. The number of halogens is 5. The number of fused-ring (bicyclic) bond motifs is 3. The molecule has 4 N–H and O–H groups in total. The number of carbonyl (C=O) groups is 2. The number of aliphatic hydroxyl groups is 1. The van der Waals surface area contributed by atoms with Crippen molar-refractivity contribution in [1.82, 2.24) is 16.0 Å². The van der Waals surface area contributed by atoms with Gasteiger partial charge in [0.25, 0.3) is 5.91 Å². The first-order valence-electron chi connectivity index (χ1n) is 12.1. The van der Waals surface area contributed by atoms with Crippen LogP contribution in [0.1, 0.15) is 44.9 Å². The minimum atomic E-state index is -4.22. The summed E-state index contributed by atoms with van der Waals surface area (Å²) in [5.41, 5.74) is -1.64. The Kier molecular flexibility index (Phi) is 7.73. The number of rotatable bonds is 7. The molecule has 1 aliphatic heterocycles. The lowest BCUT2D eigenvalue weighted by Gasteiger charge is -2.55. The van der Waals surface area contributed by atoms with Gasteiger partial charge in [0.15, 0.2) is 6.61 Å². The second kappa shape index (κ2) is 10.3. The van der Waals surface area contributed by atoms with E-state index in [9.17, 15) is 32.3 Å². The Morgan fingerprint density at radius 3 is 2.50 bits per heavy atom. The third-order valence-electron chi connectivity index (χ3n) is 7.94. The number of piperidine rings is 1. The highest BCUT2D eigenvalue weighted by molar-refractivity contribution is 6.30. The van der Waals surface area contributed by atoms with Crippen LogP contribution in [0.5, 0.6) is 5.75 Å². The number of ether oxygens (including phenoxy) is 1. The van der Waals surface area contributed by atoms with Crippen LogP contribution in [0, 0.1) is 17.2 Å². The van der Waals surface area contributed by atoms with Gasteiger partial charge >= 0.3 is 6.18 Å². The first-order chi connectivity index (χ1) is 16.9. The highest BCUT2D eigenvalue weighted by Gasteiger charge is 2.57. The maximum atomic E-state index is 13.5. The summed E-state index contributed by atoms with van der Waals surface area (Å²) < 4.78 is 57.4. The molecule has 0 aromatic heterocycles. The van der Waals surface area contributed by atoms with Gasteiger partial charge in [0, 0.05) is 25.2 Å². The zero-order valence-corrected chi connectivity index (χ0v) is 20.4. The van der Waals surface area contributed by atoms with Crippen LogP contribution in [-0.4, -0.2) is 60.5 Å². The Balaban J connectivity index is 1.25. The Morgan fingerprint density at radius 2 is 1.92 bits per heavy atom. The second-order valence-corrected chi connectivity index (χ2v) is 10.6. The average molecular weight is 536 g/mol. The van der Waals surface area contributed by atoms with Gasteiger partial charge in [-0.3, -0.25) is 9.59 Å². The van der Waals surface area contributed by atoms with E-state index in [0.29, 0.717) is 32.1 Å². The van der Waals surface area contributed by atoms with Crippen molar-refractivity contribution >= 4 is 23.4 Å². The van der Waals surface area contributed by atoms with Crippen molar-refractivity contribution in [2.45, 2.75) is 68.8 Å². The first-order valence-corrected chi connectivity index (χ1v) is 12.5. The fraction of sp³-hybridized carbons (Fsp3) is 0.667. The second-order valence-electron chi connectivity index (χ2n) is 10.2. The summed E-state index contributed by atoms with van der Waals surface area (Å²) in [7, 11) is 0. The van der Waals surface area contributed by atoms with E-state index in [1.54, 1.807) is 0 Å². The van der Waals surface area contributed by atoms with E-state index in [0.717, 1.165) is 6.07 Å². The van der Waals surface area contributed by atoms with Gasteiger partial charge in [-0.25, -0.2) is 4.39 Å². The van der Waals surface area contributed by atoms with Crippen LogP contribution >= 0.6 is 11.6 Å². The van der Waals surface area contributed by atoms with Crippen molar-refractivity contribution in [3.8, 4) is 5.75 Å². The van der Waals surface area contributed by atoms with E-state index in [1.807, 2.05) is 0 Å². The van der Waals surface area contributed by atoms with Crippen LogP contribution in [-0.2, 0) is 9.59 Å². The van der Waals surface area contributed by atoms with Crippen molar-refractivity contribution in [2.24, 2.45) is 11.3 Å². The maximum absolute atomic E-state index is 13.5. The molecule has 36 heavy (non-hydrogen) atoms. The Labute approximate surface area is 211 Å². The molecule has 5 rings (SSSR count). The minimum Gasteiger partial charge on any atom is -0.484 e. The molecule has 2 unspecified atom stereocenters. The van der Waals surface area contributed by atoms with Crippen molar-refractivity contribution in [3.63, 3.8) is 0 Å². The summed E-state index contributed by atoms with van der Waals surface area (Å²) in [4.78, 5) is 25.6. The van der Waals surface area contributed by atoms with E-state index in [4.69, 9.17) is 16.3 Å².